The number of hydrogen-bond donors (Lipinski definition) is 1. The molecule has 0 aromatic carbocycles. The van der Waals surface area contributed by atoms with Gasteiger partial charge in [-0.05, 0) is 12.8 Å². The minimum atomic E-state index is 0.403. The van der Waals surface area contributed by atoms with Crippen LogP contribution in [0.25, 0.3) is 0 Å². The summed E-state index contributed by atoms with van der Waals surface area (Å²) in [6.45, 7) is 4.16. The molecule has 7 heavy (non-hydrogen) atoms. The van der Waals surface area contributed by atoms with Gasteiger partial charge in [0.15, 0.2) is 0 Å². The second-order valence-corrected chi connectivity index (χ2v) is 1.66. The first-order chi connectivity index (χ1) is 3.35. The lowest BCUT2D eigenvalue weighted by molar-refractivity contribution is 0.549. The third-order valence-electron chi connectivity index (χ3n) is 1.19. The van der Waals surface area contributed by atoms with Crippen molar-refractivity contribution in [2.75, 3.05) is 0 Å². The Hall–Kier alpha value is -0.0400. The fourth-order valence-electron chi connectivity index (χ4n) is 0.493. The standard InChI is InChI=1S/C6H12N/c1-4-6(5-2)7-3/h6-7H,4-5H2,1-2H3. The summed E-state index contributed by atoms with van der Waals surface area (Å²) in [6, 6.07) is 0.403. The minimum absolute atomic E-state index is 0.403. The van der Waals surface area contributed by atoms with Crippen LogP contribution in [-0.4, -0.2) is 6.04 Å². The molecule has 1 nitrogen and oxygen atoms in total. The molecule has 0 aromatic heterocycles. The van der Waals surface area contributed by atoms with Crippen molar-refractivity contribution in [1.82, 2.24) is 5.32 Å². The molecule has 0 aromatic rings. The first kappa shape index (κ1) is 6.96. The maximum Gasteiger partial charge on any atom is 0.0853 e. The monoisotopic (exact) mass is 98.1 g/mol. The maximum absolute atomic E-state index is 6.71. The summed E-state index contributed by atoms with van der Waals surface area (Å²) in [7, 11) is 6.71. The van der Waals surface area contributed by atoms with Gasteiger partial charge in [-0.3, -0.25) is 0 Å². The lowest BCUT2D eigenvalue weighted by Gasteiger charge is -2.07. The Kier molecular flexibility index (Phi) is 4.10. The van der Waals surface area contributed by atoms with E-state index in [0.717, 1.165) is 12.8 Å². The largest absolute Gasteiger partial charge is 0.303 e. The molecule has 0 unspecified atom stereocenters. The van der Waals surface area contributed by atoms with Crippen molar-refractivity contribution in [1.29, 1.82) is 0 Å². The average molecular weight is 98.2 g/mol. The minimum Gasteiger partial charge on any atom is -0.303 e. The van der Waals surface area contributed by atoms with Crippen LogP contribution in [0.5, 0.6) is 0 Å². The maximum atomic E-state index is 6.71. The van der Waals surface area contributed by atoms with E-state index in [1.165, 1.54) is 0 Å². The lowest BCUT2D eigenvalue weighted by Crippen LogP contribution is -2.20. The summed E-state index contributed by atoms with van der Waals surface area (Å²) in [5.74, 6) is 0. The van der Waals surface area contributed by atoms with Gasteiger partial charge in [0.25, 0.3) is 0 Å². The molecule has 0 rings (SSSR count). The highest BCUT2D eigenvalue weighted by atomic mass is 14.9. The van der Waals surface area contributed by atoms with E-state index in [4.69, 9.17) is 7.05 Å². The Labute approximate surface area is 46.1 Å². The third kappa shape index (κ3) is 2.63. The van der Waals surface area contributed by atoms with Crippen LogP contribution >= 0.6 is 0 Å². The van der Waals surface area contributed by atoms with Crippen molar-refractivity contribution in [2.45, 2.75) is 32.7 Å². The summed E-state index contributed by atoms with van der Waals surface area (Å²) >= 11 is 0. The Bertz CT molecular complexity index is 25.7. The third-order valence-corrected chi connectivity index (χ3v) is 1.19. The quantitative estimate of drug-likeness (QED) is 0.561. The van der Waals surface area contributed by atoms with Gasteiger partial charge in [-0.2, -0.15) is 0 Å². The highest BCUT2D eigenvalue weighted by Crippen LogP contribution is 1.92. The molecule has 0 spiro atoms. The van der Waals surface area contributed by atoms with Crippen LogP contribution in [0, 0.1) is 7.05 Å². The van der Waals surface area contributed by atoms with Crippen LogP contribution in [0.4, 0.5) is 0 Å². The van der Waals surface area contributed by atoms with Gasteiger partial charge < -0.3 is 5.32 Å². The Morgan fingerprint density at radius 3 is 1.86 bits per heavy atom. The molecule has 1 heteroatoms. The molecule has 0 saturated heterocycles. The van der Waals surface area contributed by atoms with Crippen LogP contribution in [0.1, 0.15) is 26.7 Å². The fraction of sp³-hybridized carbons (Fsp3) is 0.833. The predicted molar refractivity (Wildman–Crippen MR) is 30.7 cm³/mol. The summed E-state index contributed by atoms with van der Waals surface area (Å²) in [6.07, 6.45) is 2.11. The van der Waals surface area contributed by atoms with E-state index in [1.807, 2.05) is 0 Å². The van der Waals surface area contributed by atoms with Crippen LogP contribution in [0.2, 0.25) is 0 Å². The number of hydrogen-bond acceptors (Lipinski definition) is 1. The molecular weight excluding hydrogens is 86.1 g/mol. The van der Waals surface area contributed by atoms with E-state index in [9.17, 15) is 0 Å². The number of rotatable bonds is 3. The van der Waals surface area contributed by atoms with E-state index in [-0.39, 0.29) is 0 Å². The summed E-state index contributed by atoms with van der Waals surface area (Å²) in [5, 5.41) is 2.45. The van der Waals surface area contributed by atoms with Crippen molar-refractivity contribution in [3.05, 3.63) is 7.05 Å². The van der Waals surface area contributed by atoms with Gasteiger partial charge in [-0.15, -0.1) is 0 Å². The molecule has 0 aliphatic heterocycles. The SMILES string of the molecule is [C]NC(CC)CC. The van der Waals surface area contributed by atoms with Gasteiger partial charge in [-0.1, -0.05) is 13.8 Å². The smallest absolute Gasteiger partial charge is 0.0853 e. The molecular formula is C6H12N. The van der Waals surface area contributed by atoms with E-state index in [2.05, 4.69) is 19.2 Å². The molecule has 0 aliphatic rings. The lowest BCUT2D eigenvalue weighted by atomic mass is 10.2. The average Bonchev–Trinajstić information content (AvgIpc) is 1.72. The van der Waals surface area contributed by atoms with E-state index >= 15 is 0 Å². The highest BCUT2D eigenvalue weighted by molar-refractivity contribution is 4.59. The Morgan fingerprint density at radius 1 is 1.43 bits per heavy atom. The molecule has 0 heterocycles. The second kappa shape index (κ2) is 4.13. The predicted octanol–water partition coefficient (Wildman–Crippen LogP) is 1.31. The zero-order chi connectivity index (χ0) is 5.70. The summed E-state index contributed by atoms with van der Waals surface area (Å²) in [4.78, 5) is 0. The zero-order valence-electron chi connectivity index (χ0n) is 4.99. The molecule has 0 aliphatic carbocycles. The molecule has 3 radical (unpaired) electrons. The van der Waals surface area contributed by atoms with Gasteiger partial charge in [-0.25, -0.2) is 0 Å². The van der Waals surface area contributed by atoms with E-state index in [0.29, 0.717) is 6.04 Å². The second-order valence-electron chi connectivity index (χ2n) is 1.66. The Balaban J connectivity index is 2.99. The normalized spacial score (nSPS) is 10.3. The summed E-state index contributed by atoms with van der Waals surface area (Å²) < 4.78 is 0. The first-order valence-corrected chi connectivity index (χ1v) is 2.77. The van der Waals surface area contributed by atoms with Gasteiger partial charge >= 0.3 is 0 Å². The molecule has 0 bridgehead atoms. The molecule has 0 fully saturated rings. The van der Waals surface area contributed by atoms with Crippen LogP contribution < -0.4 is 5.32 Å². The fourth-order valence-corrected chi connectivity index (χ4v) is 0.493. The summed E-state index contributed by atoms with van der Waals surface area (Å²) in [5.41, 5.74) is 0. The molecule has 41 valence electrons. The zero-order valence-corrected chi connectivity index (χ0v) is 4.99. The molecule has 1 N–H and O–H groups in total. The Morgan fingerprint density at radius 2 is 1.86 bits per heavy atom. The van der Waals surface area contributed by atoms with Crippen LogP contribution in [0.3, 0.4) is 0 Å². The van der Waals surface area contributed by atoms with Crippen molar-refractivity contribution in [3.8, 4) is 0 Å². The molecule has 0 atom stereocenters. The van der Waals surface area contributed by atoms with Crippen molar-refractivity contribution >= 4 is 0 Å². The molecule has 0 saturated carbocycles. The van der Waals surface area contributed by atoms with Crippen molar-refractivity contribution in [3.63, 3.8) is 0 Å². The molecule has 0 amide bonds. The topological polar surface area (TPSA) is 12.0 Å². The number of nitrogens with one attached hydrogen (secondary N) is 1. The van der Waals surface area contributed by atoms with Crippen molar-refractivity contribution in [2.24, 2.45) is 0 Å². The van der Waals surface area contributed by atoms with Crippen LogP contribution in [-0.2, 0) is 0 Å². The van der Waals surface area contributed by atoms with E-state index < -0.39 is 0 Å². The van der Waals surface area contributed by atoms with Gasteiger partial charge in [0.2, 0.25) is 0 Å². The van der Waals surface area contributed by atoms with Gasteiger partial charge in [0, 0.05) is 6.04 Å². The van der Waals surface area contributed by atoms with Crippen LogP contribution in [0.15, 0.2) is 0 Å². The first-order valence-electron chi connectivity index (χ1n) is 2.77. The van der Waals surface area contributed by atoms with E-state index in [1.54, 1.807) is 0 Å². The van der Waals surface area contributed by atoms with Crippen molar-refractivity contribution < 1.29 is 0 Å². The van der Waals surface area contributed by atoms with Gasteiger partial charge in [0.1, 0.15) is 0 Å². The van der Waals surface area contributed by atoms with Gasteiger partial charge in [0.05, 0.1) is 7.05 Å². The highest BCUT2D eigenvalue weighted by Gasteiger charge is 1.94.